The Morgan fingerprint density at radius 3 is 2.92 bits per heavy atom. The normalized spacial score (nSPS) is 12.9. The molecule has 0 saturated carbocycles. The van der Waals surface area contributed by atoms with Crippen LogP contribution in [0.3, 0.4) is 0 Å². The predicted octanol–water partition coefficient (Wildman–Crippen LogP) is 1.30. The van der Waals surface area contributed by atoms with Crippen molar-refractivity contribution in [2.75, 3.05) is 0 Å². The van der Waals surface area contributed by atoms with Crippen LogP contribution < -0.4 is 5.73 Å². The molecule has 12 heavy (non-hydrogen) atoms. The van der Waals surface area contributed by atoms with E-state index in [1.165, 1.54) is 0 Å². The van der Waals surface area contributed by atoms with E-state index in [4.69, 9.17) is 5.73 Å². The Balaban J connectivity index is 2.87. The summed E-state index contributed by atoms with van der Waals surface area (Å²) >= 11 is 0. The smallest absolute Gasteiger partial charge is 0.0540 e. The second-order valence-corrected chi connectivity index (χ2v) is 2.94. The summed E-state index contributed by atoms with van der Waals surface area (Å²) in [5, 5.41) is 4.12. The van der Waals surface area contributed by atoms with Gasteiger partial charge in [-0.25, -0.2) is 0 Å². The van der Waals surface area contributed by atoms with E-state index < -0.39 is 0 Å². The lowest BCUT2D eigenvalue weighted by molar-refractivity contribution is 0.712. The van der Waals surface area contributed by atoms with E-state index in [0.717, 1.165) is 17.7 Å². The van der Waals surface area contributed by atoms with Gasteiger partial charge in [0.1, 0.15) is 0 Å². The molecule has 0 bridgehead atoms. The summed E-state index contributed by atoms with van der Waals surface area (Å²) in [5.41, 5.74) is 8.13. The highest BCUT2D eigenvalue weighted by Gasteiger charge is 2.10. The van der Waals surface area contributed by atoms with Crippen molar-refractivity contribution in [3.63, 3.8) is 0 Å². The molecule has 1 rings (SSSR count). The molecule has 0 aliphatic carbocycles. The molecule has 0 radical (unpaired) electrons. The summed E-state index contributed by atoms with van der Waals surface area (Å²) in [6.07, 6.45) is 4.45. The molecule has 0 fully saturated rings. The maximum Gasteiger partial charge on any atom is 0.0540 e. The minimum atomic E-state index is 0.0381. The molecular formula is C9H15N3. The summed E-state index contributed by atoms with van der Waals surface area (Å²) < 4.78 is 1.83. The quantitative estimate of drug-likeness (QED) is 0.686. The molecular weight excluding hydrogens is 150 g/mol. The van der Waals surface area contributed by atoms with E-state index in [1.807, 2.05) is 30.9 Å². The van der Waals surface area contributed by atoms with Crippen molar-refractivity contribution in [3.05, 3.63) is 30.1 Å². The number of rotatable bonds is 3. The van der Waals surface area contributed by atoms with Gasteiger partial charge in [-0.15, -0.1) is 6.58 Å². The topological polar surface area (TPSA) is 43.8 Å². The van der Waals surface area contributed by atoms with Gasteiger partial charge >= 0.3 is 0 Å². The average molecular weight is 165 g/mol. The predicted molar refractivity (Wildman–Crippen MR) is 49.7 cm³/mol. The maximum atomic E-state index is 5.90. The maximum absolute atomic E-state index is 5.90. The Morgan fingerprint density at radius 2 is 2.50 bits per heavy atom. The van der Waals surface area contributed by atoms with Gasteiger partial charge in [-0.05, 0) is 13.3 Å². The second kappa shape index (κ2) is 3.54. The Labute approximate surface area is 72.9 Å². The number of hydrogen-bond donors (Lipinski definition) is 1. The first kappa shape index (κ1) is 9.00. The summed E-state index contributed by atoms with van der Waals surface area (Å²) in [6.45, 7) is 5.67. The minimum Gasteiger partial charge on any atom is -0.324 e. The highest BCUT2D eigenvalue weighted by Crippen LogP contribution is 2.17. The van der Waals surface area contributed by atoms with Crippen LogP contribution in [-0.4, -0.2) is 9.78 Å². The fraction of sp³-hybridized carbons (Fsp3) is 0.444. The second-order valence-electron chi connectivity index (χ2n) is 2.94. The Hall–Kier alpha value is -1.09. The van der Waals surface area contributed by atoms with Crippen LogP contribution in [0.15, 0.2) is 18.9 Å². The standard InChI is InChI=1S/C9H15N3/c1-4-5-9(10)8-6-11-12(3)7(8)2/h4,6,9H,1,5,10H2,2-3H3. The highest BCUT2D eigenvalue weighted by atomic mass is 15.3. The lowest BCUT2D eigenvalue weighted by Crippen LogP contribution is -2.10. The van der Waals surface area contributed by atoms with Gasteiger partial charge in [-0.3, -0.25) is 4.68 Å². The van der Waals surface area contributed by atoms with Crippen LogP contribution >= 0.6 is 0 Å². The molecule has 1 heterocycles. The van der Waals surface area contributed by atoms with Crippen molar-refractivity contribution in [3.8, 4) is 0 Å². The van der Waals surface area contributed by atoms with E-state index in [1.54, 1.807) is 0 Å². The first-order valence-corrected chi connectivity index (χ1v) is 4.01. The van der Waals surface area contributed by atoms with Crippen molar-refractivity contribution in [2.24, 2.45) is 12.8 Å². The molecule has 1 atom stereocenters. The summed E-state index contributed by atoms with van der Waals surface area (Å²) in [4.78, 5) is 0. The third kappa shape index (κ3) is 1.56. The Bertz CT molecular complexity index is 275. The molecule has 3 heteroatoms. The summed E-state index contributed by atoms with van der Waals surface area (Å²) in [7, 11) is 1.92. The zero-order chi connectivity index (χ0) is 9.14. The zero-order valence-corrected chi connectivity index (χ0v) is 7.62. The van der Waals surface area contributed by atoms with Gasteiger partial charge in [0.15, 0.2) is 0 Å². The van der Waals surface area contributed by atoms with E-state index in [0.29, 0.717) is 0 Å². The number of nitrogens with two attached hydrogens (primary N) is 1. The van der Waals surface area contributed by atoms with Crippen LogP contribution in [0.25, 0.3) is 0 Å². The largest absolute Gasteiger partial charge is 0.324 e. The SMILES string of the molecule is C=CCC(N)c1cnn(C)c1C. The number of nitrogens with zero attached hydrogens (tertiary/aromatic N) is 2. The molecule has 0 aliphatic rings. The van der Waals surface area contributed by atoms with Crippen molar-refractivity contribution in [2.45, 2.75) is 19.4 Å². The van der Waals surface area contributed by atoms with Gasteiger partial charge in [-0.2, -0.15) is 5.10 Å². The zero-order valence-electron chi connectivity index (χ0n) is 7.62. The molecule has 66 valence electrons. The molecule has 0 aromatic carbocycles. The third-order valence-electron chi connectivity index (χ3n) is 2.09. The van der Waals surface area contributed by atoms with E-state index in [9.17, 15) is 0 Å². The van der Waals surface area contributed by atoms with Crippen molar-refractivity contribution in [1.82, 2.24) is 9.78 Å². The molecule has 0 aliphatic heterocycles. The van der Waals surface area contributed by atoms with Crippen LogP contribution in [0.4, 0.5) is 0 Å². The molecule has 1 unspecified atom stereocenters. The van der Waals surface area contributed by atoms with Crippen molar-refractivity contribution < 1.29 is 0 Å². The monoisotopic (exact) mass is 165 g/mol. The highest BCUT2D eigenvalue weighted by molar-refractivity contribution is 5.20. The minimum absolute atomic E-state index is 0.0381. The Kier molecular flexibility index (Phi) is 2.65. The van der Waals surface area contributed by atoms with Crippen molar-refractivity contribution in [1.29, 1.82) is 0 Å². The fourth-order valence-corrected chi connectivity index (χ4v) is 1.19. The molecule has 0 spiro atoms. The van der Waals surface area contributed by atoms with E-state index in [2.05, 4.69) is 11.7 Å². The van der Waals surface area contributed by atoms with Gasteiger partial charge in [0.05, 0.1) is 6.20 Å². The fourth-order valence-electron chi connectivity index (χ4n) is 1.19. The molecule has 2 N–H and O–H groups in total. The molecule has 0 saturated heterocycles. The Morgan fingerprint density at radius 1 is 1.83 bits per heavy atom. The molecule has 1 aromatic rings. The van der Waals surface area contributed by atoms with E-state index >= 15 is 0 Å². The first-order chi connectivity index (χ1) is 5.66. The first-order valence-electron chi connectivity index (χ1n) is 4.01. The van der Waals surface area contributed by atoms with Gasteiger partial charge in [0.25, 0.3) is 0 Å². The van der Waals surface area contributed by atoms with Gasteiger partial charge < -0.3 is 5.73 Å². The van der Waals surface area contributed by atoms with E-state index in [-0.39, 0.29) is 6.04 Å². The van der Waals surface area contributed by atoms with Crippen molar-refractivity contribution >= 4 is 0 Å². The average Bonchev–Trinajstić information content (AvgIpc) is 2.34. The van der Waals surface area contributed by atoms with Gasteiger partial charge in [0.2, 0.25) is 0 Å². The number of aryl methyl sites for hydroxylation is 1. The third-order valence-corrected chi connectivity index (χ3v) is 2.09. The van der Waals surface area contributed by atoms with Crippen LogP contribution in [0, 0.1) is 6.92 Å². The van der Waals surface area contributed by atoms with Crippen LogP contribution in [0.1, 0.15) is 23.7 Å². The molecule has 0 amide bonds. The van der Waals surface area contributed by atoms with Gasteiger partial charge in [0, 0.05) is 24.3 Å². The molecule has 1 aromatic heterocycles. The van der Waals surface area contributed by atoms with Crippen LogP contribution in [0.2, 0.25) is 0 Å². The summed E-state index contributed by atoms with van der Waals surface area (Å²) in [6, 6.07) is 0.0381. The van der Waals surface area contributed by atoms with Crippen LogP contribution in [-0.2, 0) is 7.05 Å². The summed E-state index contributed by atoms with van der Waals surface area (Å²) in [5.74, 6) is 0. The lowest BCUT2D eigenvalue weighted by Gasteiger charge is -2.07. The number of aromatic nitrogens is 2. The number of hydrogen-bond acceptors (Lipinski definition) is 2. The van der Waals surface area contributed by atoms with Gasteiger partial charge in [-0.1, -0.05) is 6.08 Å². The molecule has 3 nitrogen and oxygen atoms in total. The van der Waals surface area contributed by atoms with Crippen LogP contribution in [0.5, 0.6) is 0 Å². The lowest BCUT2D eigenvalue weighted by atomic mass is 10.1.